The summed E-state index contributed by atoms with van der Waals surface area (Å²) in [6.07, 6.45) is -4.74. The van der Waals surface area contributed by atoms with E-state index in [1.807, 2.05) is 5.32 Å². The van der Waals surface area contributed by atoms with Crippen LogP contribution in [0.1, 0.15) is 19.4 Å². The molecule has 2 aromatic rings. The van der Waals surface area contributed by atoms with Gasteiger partial charge in [0, 0.05) is 4.47 Å². The maximum absolute atomic E-state index is 13.8. The minimum Gasteiger partial charge on any atom is -0.322 e. The van der Waals surface area contributed by atoms with E-state index < -0.39 is 43.7 Å². The Bertz CT molecular complexity index is 971. The standard InChI is InChI=1S/C17H14BrF4NO3S/c1-16(2,27(25,26)12-6-4-11(18)5-7-12)15(24)23-14-9-10(17(20,21)22)3-8-13(14)19/h3-9H,1-2H3,(H,23,24). The second-order valence-corrected chi connectivity index (χ2v) is 9.53. The zero-order valence-corrected chi connectivity index (χ0v) is 16.5. The number of nitrogens with one attached hydrogen (secondary N) is 1. The number of hydrogen-bond acceptors (Lipinski definition) is 3. The average molecular weight is 468 g/mol. The second kappa shape index (κ2) is 7.23. The molecule has 1 amide bonds. The molecule has 0 radical (unpaired) electrons. The summed E-state index contributed by atoms with van der Waals surface area (Å²) in [4.78, 5) is 12.3. The first-order valence-corrected chi connectivity index (χ1v) is 9.73. The molecule has 0 heterocycles. The van der Waals surface area contributed by atoms with Gasteiger partial charge in [-0.2, -0.15) is 13.2 Å². The van der Waals surface area contributed by atoms with Crippen molar-refractivity contribution in [3.8, 4) is 0 Å². The summed E-state index contributed by atoms with van der Waals surface area (Å²) in [6, 6.07) is 6.97. The number of benzene rings is 2. The zero-order valence-electron chi connectivity index (χ0n) is 14.1. The Morgan fingerprint density at radius 2 is 1.59 bits per heavy atom. The summed E-state index contributed by atoms with van der Waals surface area (Å²) in [5, 5.41) is 1.95. The largest absolute Gasteiger partial charge is 0.416 e. The maximum atomic E-state index is 13.8. The first-order valence-electron chi connectivity index (χ1n) is 7.45. The molecule has 0 aromatic heterocycles. The highest BCUT2D eigenvalue weighted by Gasteiger charge is 2.43. The van der Waals surface area contributed by atoms with Gasteiger partial charge in [-0.15, -0.1) is 0 Å². The van der Waals surface area contributed by atoms with E-state index in [0.29, 0.717) is 22.7 Å². The van der Waals surface area contributed by atoms with Crippen molar-refractivity contribution in [1.82, 2.24) is 0 Å². The van der Waals surface area contributed by atoms with Gasteiger partial charge in [-0.3, -0.25) is 4.79 Å². The van der Waals surface area contributed by atoms with E-state index in [4.69, 9.17) is 0 Å². The van der Waals surface area contributed by atoms with Crippen LogP contribution >= 0.6 is 15.9 Å². The molecule has 0 aliphatic carbocycles. The number of carbonyl (C=O) groups excluding carboxylic acids is 1. The molecule has 0 aliphatic heterocycles. The molecular weight excluding hydrogens is 454 g/mol. The zero-order chi connectivity index (χ0) is 20.6. The molecule has 0 bridgehead atoms. The van der Waals surface area contributed by atoms with E-state index in [1.54, 1.807) is 0 Å². The number of alkyl halides is 3. The Morgan fingerprint density at radius 3 is 2.11 bits per heavy atom. The fourth-order valence-corrected chi connectivity index (χ4v) is 3.74. The molecule has 0 saturated heterocycles. The minimum absolute atomic E-state index is 0.157. The molecule has 146 valence electrons. The topological polar surface area (TPSA) is 63.2 Å². The van der Waals surface area contributed by atoms with Gasteiger partial charge in [-0.25, -0.2) is 12.8 Å². The van der Waals surface area contributed by atoms with Crippen molar-refractivity contribution >= 4 is 37.4 Å². The molecular formula is C17H14BrF4NO3S. The molecule has 0 saturated carbocycles. The van der Waals surface area contributed by atoms with Crippen molar-refractivity contribution in [1.29, 1.82) is 0 Å². The van der Waals surface area contributed by atoms with E-state index in [-0.39, 0.29) is 4.90 Å². The van der Waals surface area contributed by atoms with Gasteiger partial charge in [-0.05, 0) is 56.3 Å². The second-order valence-electron chi connectivity index (χ2n) is 6.11. The lowest BCUT2D eigenvalue weighted by molar-refractivity contribution is -0.137. The number of rotatable bonds is 4. The van der Waals surface area contributed by atoms with Crippen molar-refractivity contribution in [3.63, 3.8) is 0 Å². The number of amides is 1. The van der Waals surface area contributed by atoms with Crippen LogP contribution in [-0.4, -0.2) is 19.1 Å². The van der Waals surface area contributed by atoms with Crippen LogP contribution in [0.2, 0.25) is 0 Å². The van der Waals surface area contributed by atoms with Crippen molar-refractivity contribution in [2.45, 2.75) is 29.7 Å². The first-order chi connectivity index (χ1) is 12.3. The van der Waals surface area contributed by atoms with Gasteiger partial charge >= 0.3 is 6.18 Å². The quantitative estimate of drug-likeness (QED) is 0.656. The third kappa shape index (κ3) is 4.32. The van der Waals surface area contributed by atoms with Crippen LogP contribution in [0.15, 0.2) is 51.8 Å². The summed E-state index contributed by atoms with van der Waals surface area (Å²) in [5.41, 5.74) is -1.93. The Balaban J connectivity index is 2.38. The van der Waals surface area contributed by atoms with E-state index in [1.165, 1.54) is 24.3 Å². The predicted molar refractivity (Wildman–Crippen MR) is 95.4 cm³/mol. The summed E-state index contributed by atoms with van der Waals surface area (Å²) in [6.45, 7) is 2.18. The van der Waals surface area contributed by atoms with E-state index in [9.17, 15) is 30.8 Å². The van der Waals surface area contributed by atoms with Crippen LogP contribution in [0.4, 0.5) is 23.2 Å². The molecule has 4 nitrogen and oxygen atoms in total. The van der Waals surface area contributed by atoms with Crippen molar-refractivity contribution < 1.29 is 30.8 Å². The van der Waals surface area contributed by atoms with Gasteiger partial charge in [0.15, 0.2) is 9.84 Å². The Hall–Kier alpha value is -1.94. The highest BCUT2D eigenvalue weighted by molar-refractivity contribution is 9.10. The van der Waals surface area contributed by atoms with Gasteiger partial charge in [-0.1, -0.05) is 15.9 Å². The number of halogens is 5. The third-order valence-corrected chi connectivity index (χ3v) is 6.83. The van der Waals surface area contributed by atoms with Gasteiger partial charge in [0.05, 0.1) is 16.1 Å². The highest BCUT2D eigenvalue weighted by atomic mass is 79.9. The summed E-state index contributed by atoms with van der Waals surface area (Å²) >= 11 is 3.16. The van der Waals surface area contributed by atoms with Gasteiger partial charge < -0.3 is 5.32 Å². The normalized spacial score (nSPS) is 12.7. The van der Waals surface area contributed by atoms with Gasteiger partial charge in [0.2, 0.25) is 5.91 Å². The molecule has 0 unspecified atom stereocenters. The van der Waals surface area contributed by atoms with E-state index in [2.05, 4.69) is 15.9 Å². The number of sulfone groups is 1. The maximum Gasteiger partial charge on any atom is 0.416 e. The minimum atomic E-state index is -4.74. The van der Waals surface area contributed by atoms with E-state index in [0.717, 1.165) is 13.8 Å². The molecule has 0 aliphatic rings. The Labute approximate surface area is 161 Å². The van der Waals surface area contributed by atoms with Crippen LogP contribution in [-0.2, 0) is 20.8 Å². The van der Waals surface area contributed by atoms with Crippen LogP contribution < -0.4 is 5.32 Å². The molecule has 10 heteroatoms. The van der Waals surface area contributed by atoms with Crippen LogP contribution in [0.5, 0.6) is 0 Å². The molecule has 0 spiro atoms. The van der Waals surface area contributed by atoms with Crippen LogP contribution in [0.3, 0.4) is 0 Å². The lowest BCUT2D eigenvalue weighted by Gasteiger charge is -2.24. The Kier molecular flexibility index (Phi) is 5.72. The van der Waals surface area contributed by atoms with Crippen molar-refractivity contribution in [2.75, 3.05) is 5.32 Å². The molecule has 2 rings (SSSR count). The van der Waals surface area contributed by atoms with Gasteiger partial charge in [0.1, 0.15) is 10.6 Å². The Morgan fingerprint density at radius 1 is 1.04 bits per heavy atom. The van der Waals surface area contributed by atoms with Crippen molar-refractivity contribution in [2.24, 2.45) is 0 Å². The number of anilines is 1. The summed E-state index contributed by atoms with van der Waals surface area (Å²) in [7, 11) is -4.20. The number of carbonyl (C=O) groups is 1. The lowest BCUT2D eigenvalue weighted by Crippen LogP contribution is -2.44. The molecule has 0 atom stereocenters. The van der Waals surface area contributed by atoms with Crippen LogP contribution in [0.25, 0.3) is 0 Å². The summed E-state index contributed by atoms with van der Waals surface area (Å²) in [5.74, 6) is -2.28. The average Bonchev–Trinajstić information content (AvgIpc) is 2.55. The molecule has 1 N–H and O–H groups in total. The molecule has 27 heavy (non-hydrogen) atoms. The van der Waals surface area contributed by atoms with Gasteiger partial charge in [0.25, 0.3) is 0 Å². The fourth-order valence-electron chi connectivity index (χ4n) is 2.10. The molecule has 2 aromatic carbocycles. The smallest absolute Gasteiger partial charge is 0.322 e. The van der Waals surface area contributed by atoms with Crippen LogP contribution in [0, 0.1) is 5.82 Å². The van der Waals surface area contributed by atoms with Crippen molar-refractivity contribution in [3.05, 3.63) is 58.3 Å². The highest BCUT2D eigenvalue weighted by Crippen LogP contribution is 2.33. The lowest BCUT2D eigenvalue weighted by atomic mass is 10.1. The molecule has 0 fully saturated rings. The third-order valence-electron chi connectivity index (χ3n) is 3.88. The fraction of sp³-hybridized carbons (Fsp3) is 0.235. The summed E-state index contributed by atoms with van der Waals surface area (Å²) < 4.78 is 76.2. The first kappa shape index (κ1) is 21.4. The monoisotopic (exact) mass is 467 g/mol. The predicted octanol–water partition coefficient (Wildman–Crippen LogP) is 4.80. The SMILES string of the molecule is CC(C)(C(=O)Nc1cc(C(F)(F)F)ccc1F)S(=O)(=O)c1ccc(Br)cc1. The number of hydrogen-bond donors (Lipinski definition) is 1. The van der Waals surface area contributed by atoms with E-state index >= 15 is 0 Å².